The van der Waals surface area contributed by atoms with Gasteiger partial charge in [-0.2, -0.15) is 5.10 Å². The number of benzene rings is 1. The van der Waals surface area contributed by atoms with Crippen molar-refractivity contribution in [3.63, 3.8) is 0 Å². The number of aromatic nitrogens is 2. The van der Waals surface area contributed by atoms with E-state index in [-0.39, 0.29) is 5.69 Å². The molecule has 3 N–H and O–H groups in total. The highest BCUT2D eigenvalue weighted by Crippen LogP contribution is 2.31. The van der Waals surface area contributed by atoms with E-state index in [0.29, 0.717) is 22.6 Å². The minimum Gasteiger partial charge on any atom is -0.382 e. The van der Waals surface area contributed by atoms with E-state index in [4.69, 9.17) is 5.73 Å². The van der Waals surface area contributed by atoms with Crippen LogP contribution in [0.25, 0.3) is 11.3 Å². The van der Waals surface area contributed by atoms with Crippen molar-refractivity contribution in [3.05, 3.63) is 39.9 Å². The van der Waals surface area contributed by atoms with E-state index in [9.17, 15) is 10.1 Å². The molecule has 16 heavy (non-hydrogen) atoms. The van der Waals surface area contributed by atoms with Crippen LogP contribution in [0.4, 0.5) is 11.5 Å². The van der Waals surface area contributed by atoms with Gasteiger partial charge in [-0.3, -0.25) is 15.2 Å². The van der Waals surface area contributed by atoms with Crippen LogP contribution in [0, 0.1) is 17.0 Å². The Morgan fingerprint density at radius 1 is 1.50 bits per heavy atom. The average molecular weight is 218 g/mol. The van der Waals surface area contributed by atoms with Crippen molar-refractivity contribution in [3.8, 4) is 11.3 Å². The predicted octanol–water partition coefficient (Wildman–Crippen LogP) is 1.88. The third-order valence-corrected chi connectivity index (χ3v) is 2.31. The Bertz CT molecular complexity index is 548. The number of nitrogen functional groups attached to an aromatic ring is 1. The SMILES string of the molecule is Cc1cccc(-c2cc(N)n[nH]2)c1[N+](=O)[O-]. The van der Waals surface area contributed by atoms with Gasteiger partial charge in [0.2, 0.25) is 0 Å². The summed E-state index contributed by atoms with van der Waals surface area (Å²) in [7, 11) is 0. The maximum Gasteiger partial charge on any atom is 0.281 e. The highest BCUT2D eigenvalue weighted by Gasteiger charge is 2.19. The molecule has 0 aliphatic carbocycles. The van der Waals surface area contributed by atoms with Gasteiger partial charge in [0.15, 0.2) is 0 Å². The molecule has 0 saturated carbocycles. The van der Waals surface area contributed by atoms with Crippen molar-refractivity contribution in [1.82, 2.24) is 10.2 Å². The van der Waals surface area contributed by atoms with Crippen LogP contribution in [0.1, 0.15) is 5.56 Å². The lowest BCUT2D eigenvalue weighted by atomic mass is 10.1. The highest BCUT2D eigenvalue weighted by molar-refractivity contribution is 5.74. The summed E-state index contributed by atoms with van der Waals surface area (Å²) < 4.78 is 0. The molecule has 0 aliphatic heterocycles. The Kier molecular flexibility index (Phi) is 2.32. The van der Waals surface area contributed by atoms with E-state index in [1.807, 2.05) is 0 Å². The number of H-pyrrole nitrogens is 1. The van der Waals surface area contributed by atoms with Gasteiger partial charge in [-0.25, -0.2) is 0 Å². The van der Waals surface area contributed by atoms with Gasteiger partial charge in [-0.1, -0.05) is 12.1 Å². The zero-order valence-corrected chi connectivity index (χ0v) is 8.60. The fourth-order valence-electron chi connectivity index (χ4n) is 1.59. The monoisotopic (exact) mass is 218 g/mol. The van der Waals surface area contributed by atoms with Crippen molar-refractivity contribution in [2.24, 2.45) is 0 Å². The Labute approximate surface area is 91.2 Å². The molecule has 0 unspecified atom stereocenters. The lowest BCUT2D eigenvalue weighted by molar-refractivity contribution is -0.384. The number of rotatable bonds is 2. The van der Waals surface area contributed by atoms with E-state index < -0.39 is 4.92 Å². The van der Waals surface area contributed by atoms with Gasteiger partial charge in [0, 0.05) is 11.6 Å². The van der Waals surface area contributed by atoms with Crippen molar-refractivity contribution < 1.29 is 4.92 Å². The molecule has 0 atom stereocenters. The molecule has 0 saturated heterocycles. The van der Waals surface area contributed by atoms with Gasteiger partial charge < -0.3 is 5.73 Å². The predicted molar refractivity (Wildman–Crippen MR) is 59.8 cm³/mol. The molecule has 0 amide bonds. The van der Waals surface area contributed by atoms with Crippen molar-refractivity contribution in [2.45, 2.75) is 6.92 Å². The fraction of sp³-hybridized carbons (Fsp3) is 0.100. The number of nitro benzene ring substituents is 1. The maximum absolute atomic E-state index is 11.0. The molecule has 1 aromatic heterocycles. The van der Waals surface area contributed by atoms with Crippen molar-refractivity contribution >= 4 is 11.5 Å². The summed E-state index contributed by atoms with van der Waals surface area (Å²) in [4.78, 5) is 10.6. The molecule has 0 aliphatic rings. The van der Waals surface area contributed by atoms with Crippen LogP contribution in [-0.4, -0.2) is 15.1 Å². The zero-order valence-electron chi connectivity index (χ0n) is 8.60. The molecule has 0 bridgehead atoms. The Hall–Kier alpha value is -2.37. The summed E-state index contributed by atoms with van der Waals surface area (Å²) in [5.74, 6) is 0.311. The van der Waals surface area contributed by atoms with E-state index in [2.05, 4.69) is 10.2 Å². The fourth-order valence-corrected chi connectivity index (χ4v) is 1.59. The van der Waals surface area contributed by atoms with Gasteiger partial charge in [0.1, 0.15) is 5.82 Å². The topological polar surface area (TPSA) is 97.8 Å². The number of nitro groups is 1. The first-order valence-electron chi connectivity index (χ1n) is 4.65. The largest absolute Gasteiger partial charge is 0.382 e. The molecule has 2 rings (SSSR count). The van der Waals surface area contributed by atoms with E-state index in [1.165, 1.54) is 0 Å². The third kappa shape index (κ3) is 1.60. The van der Waals surface area contributed by atoms with Crippen LogP contribution in [0.2, 0.25) is 0 Å². The van der Waals surface area contributed by atoms with Gasteiger partial charge in [0.25, 0.3) is 5.69 Å². The molecule has 1 aromatic carbocycles. The summed E-state index contributed by atoms with van der Waals surface area (Å²) >= 11 is 0. The van der Waals surface area contributed by atoms with Gasteiger partial charge in [0.05, 0.1) is 16.2 Å². The molecular formula is C10H10N4O2. The second-order valence-electron chi connectivity index (χ2n) is 3.43. The molecule has 1 heterocycles. The summed E-state index contributed by atoms with van der Waals surface area (Å²) in [6, 6.07) is 6.69. The molecule has 82 valence electrons. The highest BCUT2D eigenvalue weighted by atomic mass is 16.6. The van der Waals surface area contributed by atoms with Crippen LogP contribution in [0.5, 0.6) is 0 Å². The summed E-state index contributed by atoms with van der Waals surface area (Å²) in [5.41, 5.74) is 7.19. The maximum atomic E-state index is 11.0. The average Bonchev–Trinajstić information content (AvgIpc) is 2.63. The van der Waals surface area contributed by atoms with Crippen molar-refractivity contribution in [2.75, 3.05) is 5.73 Å². The van der Waals surface area contributed by atoms with Gasteiger partial charge in [-0.05, 0) is 13.0 Å². The molecule has 0 fully saturated rings. The van der Waals surface area contributed by atoms with Crippen LogP contribution >= 0.6 is 0 Å². The smallest absolute Gasteiger partial charge is 0.281 e. The van der Waals surface area contributed by atoms with Crippen molar-refractivity contribution in [1.29, 1.82) is 0 Å². The lowest BCUT2D eigenvalue weighted by Gasteiger charge is -2.02. The molecule has 2 aromatic rings. The second-order valence-corrected chi connectivity index (χ2v) is 3.43. The minimum atomic E-state index is -0.401. The number of nitrogens with one attached hydrogen (secondary N) is 1. The van der Waals surface area contributed by atoms with E-state index in [0.717, 1.165) is 0 Å². The number of hydrogen-bond acceptors (Lipinski definition) is 4. The van der Waals surface area contributed by atoms with Crippen LogP contribution in [0.3, 0.4) is 0 Å². The number of nitrogens with zero attached hydrogens (tertiary/aromatic N) is 2. The quantitative estimate of drug-likeness (QED) is 0.593. The first-order chi connectivity index (χ1) is 7.59. The standard InChI is InChI=1S/C10H10N4O2/c1-6-3-2-4-7(10(6)14(15)16)8-5-9(11)13-12-8/h2-5H,1H3,(H3,11,12,13). The molecule has 6 heteroatoms. The van der Waals surface area contributed by atoms with Gasteiger partial charge >= 0.3 is 0 Å². The zero-order chi connectivity index (χ0) is 11.7. The number of anilines is 1. The number of aromatic amines is 1. The van der Waals surface area contributed by atoms with Crippen LogP contribution < -0.4 is 5.73 Å². The normalized spacial score (nSPS) is 10.3. The summed E-state index contributed by atoms with van der Waals surface area (Å²) in [5, 5.41) is 17.4. The van der Waals surface area contributed by atoms with Crippen LogP contribution in [0.15, 0.2) is 24.3 Å². The molecule has 0 radical (unpaired) electrons. The first-order valence-corrected chi connectivity index (χ1v) is 4.65. The third-order valence-electron chi connectivity index (χ3n) is 2.31. The first kappa shape index (κ1) is 10.2. The summed E-state index contributed by atoms with van der Waals surface area (Å²) in [6.45, 7) is 1.70. The molecule has 6 nitrogen and oxygen atoms in total. The molecule has 0 spiro atoms. The van der Waals surface area contributed by atoms with Gasteiger partial charge in [-0.15, -0.1) is 0 Å². The van der Waals surface area contributed by atoms with Crippen LogP contribution in [-0.2, 0) is 0 Å². The number of nitrogens with two attached hydrogens (primary N) is 1. The van der Waals surface area contributed by atoms with E-state index in [1.54, 1.807) is 31.2 Å². The number of para-hydroxylation sites is 1. The number of hydrogen-bond donors (Lipinski definition) is 2. The van der Waals surface area contributed by atoms with E-state index >= 15 is 0 Å². The summed E-state index contributed by atoms with van der Waals surface area (Å²) in [6.07, 6.45) is 0. The molecular weight excluding hydrogens is 208 g/mol. The second kappa shape index (κ2) is 3.65. The minimum absolute atomic E-state index is 0.0751. The Morgan fingerprint density at radius 2 is 2.25 bits per heavy atom. The lowest BCUT2D eigenvalue weighted by Crippen LogP contribution is -1.95. The Morgan fingerprint density at radius 3 is 2.81 bits per heavy atom. The number of aryl methyl sites for hydroxylation is 1. The Balaban J connectivity index is 2.65.